The first kappa shape index (κ1) is 13.6. The molecule has 6 unspecified atom stereocenters. The lowest BCUT2D eigenvalue weighted by Crippen LogP contribution is -2.46. The summed E-state index contributed by atoms with van der Waals surface area (Å²) in [5.41, 5.74) is 2.97. The van der Waals surface area contributed by atoms with Crippen molar-refractivity contribution in [1.29, 1.82) is 0 Å². The molecule has 4 rings (SSSR count). The van der Waals surface area contributed by atoms with E-state index in [0.717, 1.165) is 19.3 Å². The minimum atomic E-state index is -0.100. The summed E-state index contributed by atoms with van der Waals surface area (Å²) in [7, 11) is 0. The Morgan fingerprint density at radius 2 is 2.00 bits per heavy atom. The quantitative estimate of drug-likeness (QED) is 0.760. The molecule has 0 spiro atoms. The Hall–Kier alpha value is -1.02. The molecule has 21 heavy (non-hydrogen) atoms. The van der Waals surface area contributed by atoms with E-state index in [1.54, 1.807) is 0 Å². The maximum absolute atomic E-state index is 10.5. The van der Waals surface area contributed by atoms with E-state index in [1.807, 2.05) is 12.1 Å². The molecule has 1 aromatic carbocycles. The number of aromatic hydroxyl groups is 1. The Morgan fingerprint density at radius 3 is 2.81 bits per heavy atom. The van der Waals surface area contributed by atoms with Gasteiger partial charge in [0.2, 0.25) is 0 Å². The lowest BCUT2D eigenvalue weighted by atomic mass is 9.53. The Kier molecular flexibility index (Phi) is 2.91. The first-order chi connectivity index (χ1) is 10.0. The topological polar surface area (TPSA) is 40.5 Å². The zero-order valence-corrected chi connectivity index (χ0v) is 13.0. The molecule has 2 heteroatoms. The molecular weight excluding hydrogens is 260 g/mol. The van der Waals surface area contributed by atoms with Gasteiger partial charge in [0.15, 0.2) is 0 Å². The highest BCUT2D eigenvalue weighted by Crippen LogP contribution is 2.62. The van der Waals surface area contributed by atoms with Crippen LogP contribution >= 0.6 is 0 Å². The van der Waals surface area contributed by atoms with Crippen LogP contribution in [-0.4, -0.2) is 16.3 Å². The predicted octanol–water partition coefficient (Wildman–Crippen LogP) is 3.86. The van der Waals surface area contributed by atoms with Crippen molar-refractivity contribution in [3.63, 3.8) is 0 Å². The zero-order valence-electron chi connectivity index (χ0n) is 13.0. The van der Waals surface area contributed by atoms with Gasteiger partial charge in [-0.3, -0.25) is 0 Å². The first-order valence-corrected chi connectivity index (χ1v) is 8.50. The summed E-state index contributed by atoms with van der Waals surface area (Å²) in [5, 5.41) is 20.2. The first-order valence-electron chi connectivity index (χ1n) is 8.50. The minimum absolute atomic E-state index is 0.100. The molecule has 0 saturated heterocycles. The molecule has 0 aromatic heterocycles. The molecule has 2 saturated carbocycles. The molecule has 0 radical (unpaired) electrons. The van der Waals surface area contributed by atoms with Crippen LogP contribution in [0.15, 0.2) is 18.2 Å². The Balaban J connectivity index is 1.76. The molecule has 0 heterocycles. The number of fused-ring (bicyclic) bond motifs is 5. The smallest absolute Gasteiger partial charge is 0.115 e. The van der Waals surface area contributed by atoms with Crippen molar-refractivity contribution in [1.82, 2.24) is 0 Å². The van der Waals surface area contributed by atoms with E-state index in [4.69, 9.17) is 0 Å². The second-order valence-corrected chi connectivity index (χ2v) is 7.99. The Labute approximate surface area is 127 Å². The fraction of sp³-hybridized carbons (Fsp3) is 0.684. The Morgan fingerprint density at radius 1 is 1.19 bits per heavy atom. The van der Waals surface area contributed by atoms with Crippen molar-refractivity contribution >= 4 is 0 Å². The molecule has 3 aliphatic carbocycles. The summed E-state index contributed by atoms with van der Waals surface area (Å²) < 4.78 is 0. The second-order valence-electron chi connectivity index (χ2n) is 7.99. The molecule has 3 aliphatic rings. The van der Waals surface area contributed by atoms with Crippen molar-refractivity contribution in [2.45, 2.75) is 58.0 Å². The Bertz CT molecular complexity index is 567. The molecule has 0 bridgehead atoms. The number of rotatable bonds is 0. The second kappa shape index (κ2) is 4.49. The lowest BCUT2D eigenvalue weighted by Gasteiger charge is -2.52. The third-order valence-corrected chi connectivity index (χ3v) is 7.01. The summed E-state index contributed by atoms with van der Waals surface area (Å²) in [4.78, 5) is 0. The zero-order chi connectivity index (χ0) is 14.8. The fourth-order valence-corrected chi connectivity index (χ4v) is 5.94. The molecule has 2 nitrogen and oxygen atoms in total. The number of aliphatic hydroxyl groups excluding tert-OH is 1. The van der Waals surface area contributed by atoms with Gasteiger partial charge in [-0.2, -0.15) is 0 Å². The van der Waals surface area contributed by atoms with Gasteiger partial charge in [-0.25, -0.2) is 0 Å². The van der Waals surface area contributed by atoms with E-state index in [1.165, 1.54) is 24.0 Å². The van der Waals surface area contributed by atoms with Gasteiger partial charge >= 0.3 is 0 Å². The monoisotopic (exact) mass is 286 g/mol. The van der Waals surface area contributed by atoms with Crippen LogP contribution in [0.5, 0.6) is 5.75 Å². The lowest BCUT2D eigenvalue weighted by molar-refractivity contribution is -0.0356. The molecule has 0 amide bonds. The number of phenolic OH excluding ortho intramolecular Hbond substituents is 1. The van der Waals surface area contributed by atoms with Gasteiger partial charge in [-0.05, 0) is 84.5 Å². The van der Waals surface area contributed by atoms with Crippen molar-refractivity contribution in [2.75, 3.05) is 0 Å². The number of aliphatic hydroxyl groups is 1. The maximum Gasteiger partial charge on any atom is 0.115 e. The van der Waals surface area contributed by atoms with Crippen LogP contribution in [0.25, 0.3) is 0 Å². The van der Waals surface area contributed by atoms with Gasteiger partial charge < -0.3 is 10.2 Å². The van der Waals surface area contributed by atoms with Crippen LogP contribution in [0.1, 0.15) is 56.6 Å². The highest BCUT2D eigenvalue weighted by molar-refractivity contribution is 5.40. The molecular formula is C19H26O2. The summed E-state index contributed by atoms with van der Waals surface area (Å²) in [6.07, 6.45) is 5.49. The molecule has 1 aromatic rings. The standard InChI is InChI=1S/C19H26O2/c1-11-9-12-10-13(20)3-4-14(12)15-7-8-19(2)16(18(11)15)5-6-17(19)21/h3-4,10-11,15-18,20-21H,5-9H2,1-2H3. The largest absolute Gasteiger partial charge is 0.508 e. The van der Waals surface area contributed by atoms with Crippen LogP contribution in [-0.2, 0) is 6.42 Å². The van der Waals surface area contributed by atoms with E-state index in [2.05, 4.69) is 19.9 Å². The average molecular weight is 286 g/mol. The molecule has 2 N–H and O–H groups in total. The van der Waals surface area contributed by atoms with Crippen LogP contribution in [0.3, 0.4) is 0 Å². The van der Waals surface area contributed by atoms with Gasteiger partial charge in [0.1, 0.15) is 5.75 Å². The average Bonchev–Trinajstić information content (AvgIpc) is 2.74. The summed E-state index contributed by atoms with van der Waals surface area (Å²) >= 11 is 0. The maximum atomic E-state index is 10.5. The van der Waals surface area contributed by atoms with Gasteiger partial charge in [-0.15, -0.1) is 0 Å². The SMILES string of the molecule is CC1Cc2cc(O)ccc2C2CCC3(C)C(O)CCC3C12. The van der Waals surface area contributed by atoms with Crippen LogP contribution in [0, 0.1) is 23.2 Å². The summed E-state index contributed by atoms with van der Waals surface area (Å²) in [6.45, 7) is 4.70. The number of hydrogen-bond donors (Lipinski definition) is 2. The van der Waals surface area contributed by atoms with E-state index >= 15 is 0 Å². The van der Waals surface area contributed by atoms with Gasteiger partial charge in [-0.1, -0.05) is 19.9 Å². The van der Waals surface area contributed by atoms with Crippen LogP contribution < -0.4 is 0 Å². The van der Waals surface area contributed by atoms with Crippen molar-refractivity contribution in [3.8, 4) is 5.75 Å². The van der Waals surface area contributed by atoms with Gasteiger partial charge in [0.25, 0.3) is 0 Å². The predicted molar refractivity (Wildman–Crippen MR) is 83.3 cm³/mol. The van der Waals surface area contributed by atoms with E-state index in [-0.39, 0.29) is 11.5 Å². The molecule has 6 atom stereocenters. The third kappa shape index (κ3) is 1.81. The minimum Gasteiger partial charge on any atom is -0.508 e. The van der Waals surface area contributed by atoms with Gasteiger partial charge in [0, 0.05) is 0 Å². The molecule has 0 aliphatic heterocycles. The van der Waals surface area contributed by atoms with E-state index < -0.39 is 0 Å². The van der Waals surface area contributed by atoms with Crippen LogP contribution in [0.4, 0.5) is 0 Å². The molecule has 114 valence electrons. The number of phenols is 1. The third-order valence-electron chi connectivity index (χ3n) is 7.01. The molecule has 2 fully saturated rings. The van der Waals surface area contributed by atoms with Crippen molar-refractivity contribution < 1.29 is 10.2 Å². The van der Waals surface area contributed by atoms with E-state index in [0.29, 0.717) is 29.4 Å². The summed E-state index contributed by atoms with van der Waals surface area (Å²) in [5.74, 6) is 3.06. The normalized spacial score (nSPS) is 44.8. The number of hydrogen-bond acceptors (Lipinski definition) is 2. The van der Waals surface area contributed by atoms with Gasteiger partial charge in [0.05, 0.1) is 6.10 Å². The highest BCUT2D eigenvalue weighted by Gasteiger charge is 2.55. The van der Waals surface area contributed by atoms with Crippen molar-refractivity contribution in [2.24, 2.45) is 23.2 Å². The summed E-state index contributed by atoms with van der Waals surface area (Å²) in [6, 6.07) is 5.98. The van der Waals surface area contributed by atoms with Crippen LogP contribution in [0.2, 0.25) is 0 Å². The highest BCUT2D eigenvalue weighted by atomic mass is 16.3. The van der Waals surface area contributed by atoms with E-state index in [9.17, 15) is 10.2 Å². The fourth-order valence-electron chi connectivity index (χ4n) is 5.94. The van der Waals surface area contributed by atoms with Crippen molar-refractivity contribution in [3.05, 3.63) is 29.3 Å². The number of benzene rings is 1.